The van der Waals surface area contributed by atoms with E-state index >= 15 is 0 Å². The van der Waals surface area contributed by atoms with E-state index in [0.29, 0.717) is 24.7 Å². The minimum absolute atomic E-state index is 0.110. The van der Waals surface area contributed by atoms with Gasteiger partial charge in [-0.05, 0) is 56.3 Å². The van der Waals surface area contributed by atoms with Gasteiger partial charge >= 0.3 is 0 Å². The summed E-state index contributed by atoms with van der Waals surface area (Å²) >= 11 is 0. The average molecular weight is 283 g/mol. The molecule has 1 saturated carbocycles. The van der Waals surface area contributed by atoms with Crippen LogP contribution >= 0.6 is 0 Å². The van der Waals surface area contributed by atoms with Crippen molar-refractivity contribution in [1.82, 2.24) is 5.32 Å². The van der Waals surface area contributed by atoms with Gasteiger partial charge in [-0.1, -0.05) is 6.07 Å². The third-order valence-electron chi connectivity index (χ3n) is 4.51. The summed E-state index contributed by atoms with van der Waals surface area (Å²) in [6, 6.07) is 2.92. The van der Waals surface area contributed by atoms with Crippen LogP contribution in [-0.4, -0.2) is 30.4 Å². The topological polar surface area (TPSA) is 41.5 Å². The molecule has 2 N–H and O–H groups in total. The summed E-state index contributed by atoms with van der Waals surface area (Å²) < 4.78 is 32.9. The number of aryl methyl sites for hydroxylation is 1. The number of benzene rings is 1. The lowest BCUT2D eigenvalue weighted by molar-refractivity contribution is -0.0249. The van der Waals surface area contributed by atoms with Crippen LogP contribution in [0.4, 0.5) is 8.78 Å². The van der Waals surface area contributed by atoms with E-state index in [-0.39, 0.29) is 11.3 Å². The fourth-order valence-corrected chi connectivity index (χ4v) is 3.27. The maximum absolute atomic E-state index is 13.8. The minimum atomic E-state index is -0.969. The summed E-state index contributed by atoms with van der Waals surface area (Å²) in [4.78, 5) is 0. The van der Waals surface area contributed by atoms with Gasteiger partial charge in [0, 0.05) is 0 Å². The van der Waals surface area contributed by atoms with Crippen molar-refractivity contribution in [3.05, 3.63) is 29.3 Å². The van der Waals surface area contributed by atoms with E-state index in [0.717, 1.165) is 13.1 Å². The molecule has 1 saturated heterocycles. The van der Waals surface area contributed by atoms with E-state index < -0.39 is 23.8 Å². The Morgan fingerprint density at radius 1 is 1.15 bits per heavy atom. The van der Waals surface area contributed by atoms with Crippen molar-refractivity contribution < 1.29 is 18.6 Å². The maximum Gasteiger partial charge on any atom is 0.200 e. The van der Waals surface area contributed by atoms with Crippen molar-refractivity contribution in [2.75, 3.05) is 13.1 Å². The second-order valence-corrected chi connectivity index (χ2v) is 5.88. The lowest BCUT2D eigenvalue weighted by atomic mass is 9.78. The highest BCUT2D eigenvalue weighted by molar-refractivity contribution is 5.30. The number of aliphatic hydroxyl groups excluding tert-OH is 1. The second kappa shape index (κ2) is 5.30. The highest BCUT2D eigenvalue weighted by Crippen LogP contribution is 2.35. The molecule has 0 aromatic heterocycles. The molecule has 2 aliphatic rings. The highest BCUT2D eigenvalue weighted by atomic mass is 19.2. The molecule has 0 radical (unpaired) electrons. The number of hydrogen-bond acceptors (Lipinski definition) is 3. The molecule has 0 unspecified atom stereocenters. The molecule has 1 aliphatic carbocycles. The van der Waals surface area contributed by atoms with Gasteiger partial charge < -0.3 is 15.2 Å². The number of ether oxygens (including phenoxy) is 1. The molecular formula is C15H19F2NO2. The molecule has 1 aliphatic heterocycles. The van der Waals surface area contributed by atoms with Gasteiger partial charge in [0.2, 0.25) is 5.82 Å². The third-order valence-corrected chi connectivity index (χ3v) is 4.51. The SMILES string of the molecule is Cc1ccc(O[C@@H]2C[C@@H]3CNC[C@@H]3C[C@H]2O)c(F)c1F. The first-order valence-electron chi connectivity index (χ1n) is 7.06. The summed E-state index contributed by atoms with van der Waals surface area (Å²) in [6.45, 7) is 3.33. The van der Waals surface area contributed by atoms with E-state index in [9.17, 15) is 13.9 Å². The molecule has 0 amide bonds. The lowest BCUT2D eigenvalue weighted by Gasteiger charge is -2.35. The Morgan fingerprint density at radius 2 is 1.85 bits per heavy atom. The lowest BCUT2D eigenvalue weighted by Crippen LogP contribution is -2.42. The summed E-state index contributed by atoms with van der Waals surface area (Å²) in [7, 11) is 0. The Labute approximate surface area is 116 Å². The summed E-state index contributed by atoms with van der Waals surface area (Å²) in [5, 5.41) is 13.4. The molecule has 0 spiro atoms. The standard InChI is InChI=1S/C15H19F2NO2/c1-8-2-3-12(15(17)14(8)16)20-13-5-10-7-18-6-9(10)4-11(13)19/h2-3,9-11,13,18-19H,4-7H2,1H3/t9-,10+,11+,13+/m0/s1. The van der Waals surface area contributed by atoms with Crippen LogP contribution in [0.5, 0.6) is 5.75 Å². The quantitative estimate of drug-likeness (QED) is 0.872. The Balaban J connectivity index is 1.75. The normalized spacial score (nSPS) is 33.0. The summed E-state index contributed by atoms with van der Waals surface area (Å²) in [5.41, 5.74) is 0.249. The van der Waals surface area contributed by atoms with Gasteiger partial charge in [-0.25, -0.2) is 4.39 Å². The molecule has 1 aromatic rings. The van der Waals surface area contributed by atoms with Crippen LogP contribution in [0.2, 0.25) is 0 Å². The Morgan fingerprint density at radius 3 is 2.60 bits per heavy atom. The number of halogens is 2. The van der Waals surface area contributed by atoms with Crippen LogP contribution in [0, 0.1) is 30.4 Å². The van der Waals surface area contributed by atoms with Crippen molar-refractivity contribution in [3.8, 4) is 5.75 Å². The molecule has 3 nitrogen and oxygen atoms in total. The maximum atomic E-state index is 13.8. The smallest absolute Gasteiger partial charge is 0.200 e. The average Bonchev–Trinajstić information content (AvgIpc) is 2.86. The molecule has 2 fully saturated rings. The molecule has 1 heterocycles. The van der Waals surface area contributed by atoms with Gasteiger partial charge in [0.05, 0.1) is 6.10 Å². The zero-order chi connectivity index (χ0) is 14.3. The van der Waals surface area contributed by atoms with Crippen LogP contribution in [0.25, 0.3) is 0 Å². The van der Waals surface area contributed by atoms with E-state index in [4.69, 9.17) is 4.74 Å². The number of rotatable bonds is 2. The summed E-state index contributed by atoms with van der Waals surface area (Å²) in [6.07, 6.45) is 0.235. The first kappa shape index (κ1) is 13.8. The van der Waals surface area contributed by atoms with Gasteiger partial charge in [-0.3, -0.25) is 0 Å². The van der Waals surface area contributed by atoms with Crippen LogP contribution in [0.1, 0.15) is 18.4 Å². The number of nitrogens with one attached hydrogen (secondary N) is 1. The molecular weight excluding hydrogens is 264 g/mol. The van der Waals surface area contributed by atoms with E-state index in [1.165, 1.54) is 19.1 Å². The molecule has 110 valence electrons. The van der Waals surface area contributed by atoms with Gasteiger partial charge in [-0.2, -0.15) is 4.39 Å². The largest absolute Gasteiger partial charge is 0.485 e. The second-order valence-electron chi connectivity index (χ2n) is 5.88. The van der Waals surface area contributed by atoms with Gasteiger partial charge in [0.1, 0.15) is 6.10 Å². The minimum Gasteiger partial charge on any atom is -0.485 e. The Hall–Kier alpha value is -1.20. The van der Waals surface area contributed by atoms with Gasteiger partial charge in [0.25, 0.3) is 0 Å². The Bertz CT molecular complexity index is 509. The van der Waals surface area contributed by atoms with Crippen LogP contribution in [0.15, 0.2) is 12.1 Å². The number of fused-ring (bicyclic) bond motifs is 1. The monoisotopic (exact) mass is 283 g/mol. The fourth-order valence-electron chi connectivity index (χ4n) is 3.27. The first-order chi connectivity index (χ1) is 9.56. The van der Waals surface area contributed by atoms with E-state index in [2.05, 4.69) is 5.32 Å². The van der Waals surface area contributed by atoms with Gasteiger partial charge in [-0.15, -0.1) is 0 Å². The third kappa shape index (κ3) is 2.40. The van der Waals surface area contributed by atoms with Crippen molar-refractivity contribution >= 4 is 0 Å². The van der Waals surface area contributed by atoms with E-state index in [1.807, 2.05) is 0 Å². The zero-order valence-electron chi connectivity index (χ0n) is 11.4. The predicted molar refractivity (Wildman–Crippen MR) is 70.6 cm³/mol. The van der Waals surface area contributed by atoms with Crippen molar-refractivity contribution in [1.29, 1.82) is 0 Å². The highest BCUT2D eigenvalue weighted by Gasteiger charge is 2.40. The van der Waals surface area contributed by atoms with Crippen LogP contribution in [-0.2, 0) is 0 Å². The molecule has 4 atom stereocenters. The number of aliphatic hydroxyl groups is 1. The molecule has 20 heavy (non-hydrogen) atoms. The van der Waals surface area contributed by atoms with Crippen molar-refractivity contribution in [2.24, 2.45) is 11.8 Å². The van der Waals surface area contributed by atoms with E-state index in [1.54, 1.807) is 0 Å². The first-order valence-corrected chi connectivity index (χ1v) is 7.06. The fraction of sp³-hybridized carbons (Fsp3) is 0.600. The predicted octanol–water partition coefficient (Wildman–Crippen LogP) is 2.01. The van der Waals surface area contributed by atoms with Crippen LogP contribution < -0.4 is 10.1 Å². The molecule has 3 rings (SSSR count). The van der Waals surface area contributed by atoms with Crippen molar-refractivity contribution in [2.45, 2.75) is 32.0 Å². The van der Waals surface area contributed by atoms with Crippen molar-refractivity contribution in [3.63, 3.8) is 0 Å². The summed E-state index contributed by atoms with van der Waals surface area (Å²) in [5.74, 6) is -1.05. The molecule has 5 heteroatoms. The molecule has 0 bridgehead atoms. The zero-order valence-corrected chi connectivity index (χ0v) is 11.4. The molecule has 1 aromatic carbocycles. The Kier molecular flexibility index (Phi) is 3.65. The number of hydrogen-bond donors (Lipinski definition) is 2. The van der Waals surface area contributed by atoms with Crippen LogP contribution in [0.3, 0.4) is 0 Å². The van der Waals surface area contributed by atoms with Gasteiger partial charge in [0.15, 0.2) is 11.6 Å².